The van der Waals surface area contributed by atoms with Gasteiger partial charge in [-0.25, -0.2) is 0 Å². The Hall–Kier alpha value is -3.02. The fraction of sp³-hybridized carbons (Fsp3) is 0.263. The number of non-ortho nitro benzene ring substituents is 1. The van der Waals surface area contributed by atoms with E-state index >= 15 is 0 Å². The topological polar surface area (TPSA) is 75.8 Å². The lowest BCUT2D eigenvalue weighted by Crippen LogP contribution is -2.36. The van der Waals surface area contributed by atoms with Gasteiger partial charge in [0.2, 0.25) is 5.91 Å². The first-order chi connectivity index (χ1) is 12.1. The highest BCUT2D eigenvalue weighted by atomic mass is 16.6. The normalized spacial score (nSPS) is 19.0. The Kier molecular flexibility index (Phi) is 3.80. The van der Waals surface area contributed by atoms with E-state index in [1.165, 1.54) is 12.1 Å². The maximum absolute atomic E-state index is 13.1. The molecule has 1 fully saturated rings. The highest BCUT2D eigenvalue weighted by Crippen LogP contribution is 2.40. The van der Waals surface area contributed by atoms with Gasteiger partial charge in [0.05, 0.1) is 28.8 Å². The van der Waals surface area contributed by atoms with Crippen molar-refractivity contribution in [2.45, 2.75) is 25.8 Å². The number of hydrogen-bond acceptors (Lipinski definition) is 4. The van der Waals surface area contributed by atoms with E-state index in [-0.39, 0.29) is 17.5 Å². The van der Waals surface area contributed by atoms with Crippen molar-refractivity contribution < 1.29 is 9.72 Å². The summed E-state index contributed by atoms with van der Waals surface area (Å²) in [7, 11) is 0. The van der Waals surface area contributed by atoms with E-state index in [0.717, 1.165) is 30.5 Å². The quantitative estimate of drug-likeness (QED) is 0.628. The third kappa shape index (κ3) is 2.80. The molecule has 0 aromatic heterocycles. The van der Waals surface area contributed by atoms with Crippen LogP contribution in [0.2, 0.25) is 0 Å². The molecule has 126 valence electrons. The Morgan fingerprint density at radius 3 is 2.76 bits per heavy atom. The molecule has 1 saturated carbocycles. The van der Waals surface area contributed by atoms with Gasteiger partial charge in [0.25, 0.3) is 5.69 Å². The minimum absolute atomic E-state index is 0.00772. The third-order valence-electron chi connectivity index (χ3n) is 4.80. The first-order valence-corrected chi connectivity index (χ1v) is 8.34. The van der Waals surface area contributed by atoms with Crippen molar-refractivity contribution in [1.82, 2.24) is 0 Å². The summed E-state index contributed by atoms with van der Waals surface area (Å²) in [5.41, 5.74) is 3.01. The van der Waals surface area contributed by atoms with Crippen molar-refractivity contribution in [3.63, 3.8) is 0 Å². The number of nitro groups is 1. The Bertz CT molecular complexity index is 877. The summed E-state index contributed by atoms with van der Waals surface area (Å²) in [6, 6.07) is 14.3. The van der Waals surface area contributed by atoms with Crippen molar-refractivity contribution in [3.05, 3.63) is 64.2 Å². The van der Waals surface area contributed by atoms with Gasteiger partial charge in [-0.1, -0.05) is 30.3 Å². The molecule has 1 atom stereocenters. The molecule has 1 unspecified atom stereocenters. The monoisotopic (exact) mass is 335 g/mol. The minimum Gasteiger partial charge on any atom is -0.305 e. The summed E-state index contributed by atoms with van der Waals surface area (Å²) >= 11 is 0. The van der Waals surface area contributed by atoms with Crippen molar-refractivity contribution in [2.75, 3.05) is 4.90 Å². The van der Waals surface area contributed by atoms with E-state index < -0.39 is 4.92 Å². The van der Waals surface area contributed by atoms with Crippen molar-refractivity contribution in [3.8, 4) is 0 Å². The van der Waals surface area contributed by atoms with Crippen molar-refractivity contribution in [2.24, 2.45) is 10.9 Å². The molecular formula is C19H17N3O3. The summed E-state index contributed by atoms with van der Waals surface area (Å²) < 4.78 is 0. The van der Waals surface area contributed by atoms with Gasteiger partial charge in [0.1, 0.15) is 0 Å². The molecule has 0 spiro atoms. The Labute approximate surface area is 145 Å². The van der Waals surface area contributed by atoms with Crippen LogP contribution in [0.25, 0.3) is 0 Å². The second-order valence-corrected chi connectivity index (χ2v) is 6.39. The Morgan fingerprint density at radius 2 is 2.00 bits per heavy atom. The van der Waals surface area contributed by atoms with Gasteiger partial charge in [-0.3, -0.25) is 19.9 Å². The van der Waals surface area contributed by atoms with Crippen molar-refractivity contribution >= 4 is 28.7 Å². The van der Waals surface area contributed by atoms with Gasteiger partial charge in [0.15, 0.2) is 0 Å². The maximum Gasteiger partial charge on any atom is 0.271 e. The molecule has 1 aliphatic carbocycles. The smallest absolute Gasteiger partial charge is 0.271 e. The van der Waals surface area contributed by atoms with Crippen LogP contribution in [0.4, 0.5) is 17.1 Å². The second kappa shape index (κ2) is 6.12. The fourth-order valence-corrected chi connectivity index (χ4v) is 3.56. The SMILES string of the molecule is O=C1C2CCCC2=Nc2cc([N+](=O)[O-])ccc2N1Cc1ccccc1. The fourth-order valence-electron chi connectivity index (χ4n) is 3.56. The number of carbonyl (C=O) groups is 1. The standard InChI is InChI=1S/C19H17N3O3/c23-19-15-7-4-8-16(15)20-17-11-14(22(24)25)9-10-18(17)21(19)12-13-5-2-1-3-6-13/h1-3,5-6,9-11,15H,4,7-8,12H2. The van der Waals surface area contributed by atoms with Crippen LogP contribution in [0.3, 0.4) is 0 Å². The number of nitrogens with zero attached hydrogens (tertiary/aromatic N) is 3. The largest absolute Gasteiger partial charge is 0.305 e. The Balaban J connectivity index is 1.82. The van der Waals surface area contributed by atoms with Gasteiger partial charge in [0, 0.05) is 17.8 Å². The summed E-state index contributed by atoms with van der Waals surface area (Å²) in [6.07, 6.45) is 2.50. The predicted molar refractivity (Wildman–Crippen MR) is 95.2 cm³/mol. The average Bonchev–Trinajstić information content (AvgIpc) is 3.04. The van der Waals surface area contributed by atoms with Gasteiger partial charge in [-0.05, 0) is 30.9 Å². The maximum atomic E-state index is 13.1. The zero-order valence-corrected chi connectivity index (χ0v) is 13.6. The van der Waals surface area contributed by atoms with Crippen molar-refractivity contribution in [1.29, 1.82) is 0 Å². The predicted octanol–water partition coefficient (Wildman–Crippen LogP) is 4.01. The molecule has 0 saturated heterocycles. The zero-order chi connectivity index (χ0) is 17.4. The summed E-state index contributed by atoms with van der Waals surface area (Å²) in [4.78, 5) is 30.2. The number of fused-ring (bicyclic) bond motifs is 2. The van der Waals surface area contributed by atoms with Crippen LogP contribution in [-0.4, -0.2) is 16.5 Å². The first-order valence-electron chi connectivity index (χ1n) is 8.34. The van der Waals surface area contributed by atoms with Crippen LogP contribution in [-0.2, 0) is 11.3 Å². The molecule has 0 radical (unpaired) electrons. The number of hydrogen-bond donors (Lipinski definition) is 0. The number of nitro benzene ring substituents is 1. The molecule has 6 nitrogen and oxygen atoms in total. The minimum atomic E-state index is -0.430. The van der Waals surface area contributed by atoms with Crippen LogP contribution in [0, 0.1) is 16.0 Å². The zero-order valence-electron chi connectivity index (χ0n) is 13.6. The number of aliphatic imine (C=N–C) groups is 1. The molecule has 25 heavy (non-hydrogen) atoms. The molecule has 2 aromatic carbocycles. The van der Waals surface area contributed by atoms with Crippen LogP contribution >= 0.6 is 0 Å². The highest BCUT2D eigenvalue weighted by Gasteiger charge is 2.36. The van der Waals surface area contributed by atoms with Gasteiger partial charge in [-0.15, -0.1) is 0 Å². The van der Waals surface area contributed by atoms with Crippen LogP contribution < -0.4 is 4.90 Å². The van der Waals surface area contributed by atoms with E-state index in [2.05, 4.69) is 4.99 Å². The van der Waals surface area contributed by atoms with E-state index in [1.807, 2.05) is 30.3 Å². The number of carbonyl (C=O) groups excluding carboxylic acids is 1. The van der Waals surface area contributed by atoms with E-state index in [1.54, 1.807) is 11.0 Å². The first kappa shape index (κ1) is 15.5. The molecule has 4 rings (SSSR count). The van der Waals surface area contributed by atoms with E-state index in [0.29, 0.717) is 17.9 Å². The van der Waals surface area contributed by atoms with E-state index in [4.69, 9.17) is 0 Å². The lowest BCUT2D eigenvalue weighted by molar-refractivity contribution is -0.384. The van der Waals surface area contributed by atoms with Crippen LogP contribution in [0.5, 0.6) is 0 Å². The molecule has 1 aliphatic heterocycles. The third-order valence-corrected chi connectivity index (χ3v) is 4.80. The number of anilines is 1. The van der Waals surface area contributed by atoms with Crippen LogP contribution in [0.15, 0.2) is 53.5 Å². The van der Waals surface area contributed by atoms with Gasteiger partial charge < -0.3 is 4.90 Å². The Morgan fingerprint density at radius 1 is 1.20 bits per heavy atom. The molecular weight excluding hydrogens is 318 g/mol. The molecule has 0 N–H and O–H groups in total. The van der Waals surface area contributed by atoms with Gasteiger partial charge >= 0.3 is 0 Å². The average molecular weight is 335 g/mol. The summed E-state index contributed by atoms with van der Waals surface area (Å²) in [6.45, 7) is 0.434. The molecule has 2 aliphatic rings. The van der Waals surface area contributed by atoms with E-state index in [9.17, 15) is 14.9 Å². The number of rotatable bonds is 3. The number of amides is 1. The molecule has 2 aromatic rings. The lowest BCUT2D eigenvalue weighted by Gasteiger charge is -2.25. The lowest BCUT2D eigenvalue weighted by atomic mass is 10.0. The number of benzene rings is 2. The van der Waals surface area contributed by atoms with Gasteiger partial charge in [-0.2, -0.15) is 0 Å². The molecule has 0 bridgehead atoms. The highest BCUT2D eigenvalue weighted by molar-refractivity contribution is 6.15. The molecule has 6 heteroatoms. The second-order valence-electron chi connectivity index (χ2n) is 6.39. The molecule has 1 heterocycles. The van der Waals surface area contributed by atoms with Crippen LogP contribution in [0.1, 0.15) is 24.8 Å². The molecule has 1 amide bonds. The summed E-state index contributed by atoms with van der Waals surface area (Å²) in [5, 5.41) is 11.1. The summed E-state index contributed by atoms with van der Waals surface area (Å²) in [5.74, 6) is -0.178.